The number of carbonyl (C=O) groups excluding carboxylic acids is 1. The first-order valence-electron chi connectivity index (χ1n) is 12.3. The molecule has 0 radical (unpaired) electrons. The molecule has 1 amide bonds. The Kier molecular flexibility index (Phi) is 9.14. The molecule has 2 unspecified atom stereocenters. The lowest BCUT2D eigenvalue weighted by Gasteiger charge is -2.29. The fraction of sp³-hybridized carbons (Fsp3) is 0.357. The van der Waals surface area contributed by atoms with E-state index in [1.165, 1.54) is 0 Å². The number of para-hydroxylation sites is 1. The molecule has 6 heteroatoms. The maximum absolute atomic E-state index is 13.6. The van der Waals surface area contributed by atoms with E-state index in [0.29, 0.717) is 29.9 Å². The number of nitrogens with zero attached hydrogens (tertiary/aromatic N) is 1. The largest absolute Gasteiger partial charge is 0.493 e. The zero-order valence-corrected chi connectivity index (χ0v) is 20.6. The maximum Gasteiger partial charge on any atom is 0.303 e. The summed E-state index contributed by atoms with van der Waals surface area (Å²) in [6, 6.07) is 18.9. The fourth-order valence-corrected chi connectivity index (χ4v) is 4.29. The predicted molar refractivity (Wildman–Crippen MR) is 137 cm³/mol. The highest BCUT2D eigenvalue weighted by molar-refractivity contribution is 7.13. The zero-order valence-electron chi connectivity index (χ0n) is 20.8. The highest BCUT2D eigenvalue weighted by Crippen LogP contribution is 2.27. The summed E-state index contributed by atoms with van der Waals surface area (Å²) in [6.45, 7) is 3.49. The molecule has 0 aliphatic carbocycles. The number of thiophene rings is 1. The van der Waals surface area contributed by atoms with Gasteiger partial charge in [-0.25, -0.2) is 0 Å². The topological polar surface area (TPSA) is 66.8 Å². The highest BCUT2D eigenvalue weighted by Gasteiger charge is 2.22. The Morgan fingerprint density at radius 3 is 2.50 bits per heavy atom. The van der Waals surface area contributed by atoms with Gasteiger partial charge in [0.2, 0.25) is 0 Å². The van der Waals surface area contributed by atoms with Gasteiger partial charge in [-0.2, -0.15) is 0 Å². The van der Waals surface area contributed by atoms with Gasteiger partial charge in [0.15, 0.2) is 0 Å². The Labute approximate surface area is 207 Å². The van der Waals surface area contributed by atoms with Crippen LogP contribution in [0.25, 0.3) is 10.4 Å². The molecule has 1 N–H and O–H groups in total. The van der Waals surface area contributed by atoms with Crippen molar-refractivity contribution in [2.24, 2.45) is 0 Å². The van der Waals surface area contributed by atoms with Crippen molar-refractivity contribution in [3.63, 3.8) is 0 Å². The van der Waals surface area contributed by atoms with Crippen LogP contribution in [0.15, 0.2) is 66.0 Å². The third-order valence-corrected chi connectivity index (χ3v) is 6.65. The zero-order chi connectivity index (χ0) is 25.2. The molecule has 0 saturated carbocycles. The lowest BCUT2D eigenvalue weighted by atomic mass is 10.1. The van der Waals surface area contributed by atoms with Gasteiger partial charge in [0, 0.05) is 35.0 Å². The monoisotopic (exact) mass is 480 g/mol. The van der Waals surface area contributed by atoms with E-state index in [2.05, 4.69) is 6.07 Å². The van der Waals surface area contributed by atoms with Crippen molar-refractivity contribution < 1.29 is 20.8 Å². The minimum atomic E-state index is -0.919. The van der Waals surface area contributed by atoms with Crippen LogP contribution in [0.5, 0.6) is 5.75 Å². The molecule has 0 fully saturated rings. The van der Waals surface area contributed by atoms with Gasteiger partial charge >= 0.3 is 5.97 Å². The number of aliphatic carboxylic acids is 1. The van der Waals surface area contributed by atoms with Gasteiger partial charge in [0.25, 0.3) is 5.91 Å². The number of carboxylic acid groups (broad SMARTS) is 1. The van der Waals surface area contributed by atoms with Crippen molar-refractivity contribution in [2.45, 2.75) is 58.5 Å². The number of unbranched alkanes of at least 4 members (excludes halogenated alkanes) is 2. The quantitative estimate of drug-likeness (QED) is 0.271. The van der Waals surface area contributed by atoms with E-state index in [1.807, 2.05) is 73.8 Å². The van der Waals surface area contributed by atoms with Gasteiger partial charge in [-0.1, -0.05) is 43.3 Å². The van der Waals surface area contributed by atoms with E-state index in [1.54, 1.807) is 16.2 Å². The average Bonchev–Trinajstić information content (AvgIpc) is 3.41. The number of rotatable bonds is 13. The summed E-state index contributed by atoms with van der Waals surface area (Å²) in [7, 11) is 0. The fourth-order valence-electron chi connectivity index (χ4n) is 3.56. The Morgan fingerprint density at radius 1 is 1.06 bits per heavy atom. The molecule has 0 bridgehead atoms. The van der Waals surface area contributed by atoms with Crippen LogP contribution in [-0.4, -0.2) is 34.5 Å². The molecule has 0 aliphatic heterocycles. The highest BCUT2D eigenvalue weighted by atomic mass is 32.1. The van der Waals surface area contributed by atoms with Crippen LogP contribution in [-0.2, 0) is 11.3 Å². The molecule has 1 heterocycles. The molecule has 3 rings (SSSR count). The van der Waals surface area contributed by atoms with Crippen LogP contribution in [0, 0.1) is 0 Å². The molecule has 0 spiro atoms. The SMILES string of the molecule is [2H]C(c1ccccc1OCCCCCC(=O)O)N(C(=O)c1ccc(-c2cccs2)cc1)C(C)CC. The van der Waals surface area contributed by atoms with E-state index in [-0.39, 0.29) is 18.4 Å². The molecular formula is C28H33NO4S. The molecule has 1 aromatic heterocycles. The van der Waals surface area contributed by atoms with E-state index in [9.17, 15) is 9.59 Å². The van der Waals surface area contributed by atoms with Gasteiger partial charge in [0.1, 0.15) is 5.75 Å². The summed E-state index contributed by atoms with van der Waals surface area (Å²) in [5, 5.41) is 10.8. The van der Waals surface area contributed by atoms with Crippen LogP contribution in [0.1, 0.15) is 63.2 Å². The minimum Gasteiger partial charge on any atom is -0.493 e. The van der Waals surface area contributed by atoms with Gasteiger partial charge in [-0.15, -0.1) is 11.3 Å². The summed E-state index contributed by atoms with van der Waals surface area (Å²) in [5.74, 6) is -0.385. The standard InChI is InChI=1S/C28H33NO4S/c1-3-21(2)29(28(32)23-16-14-22(15-17-23)26-12-9-19-34-26)20-24-10-6-7-11-25(24)33-18-8-4-5-13-27(30)31/h6-7,9-12,14-17,19,21H,3-5,8,13,18,20H2,1-2H3,(H,30,31)/i20D. The van der Waals surface area contributed by atoms with Crippen molar-refractivity contribution in [3.8, 4) is 16.2 Å². The summed E-state index contributed by atoms with van der Waals surface area (Å²) in [5.41, 5.74) is 2.26. The summed E-state index contributed by atoms with van der Waals surface area (Å²) in [4.78, 5) is 27.0. The number of hydrogen-bond acceptors (Lipinski definition) is 4. The molecule has 0 saturated heterocycles. The molecule has 0 aliphatic rings. The van der Waals surface area contributed by atoms with E-state index >= 15 is 0 Å². The van der Waals surface area contributed by atoms with Crippen molar-refractivity contribution in [2.75, 3.05) is 6.61 Å². The van der Waals surface area contributed by atoms with Crippen molar-refractivity contribution >= 4 is 23.2 Å². The number of hydrogen-bond donors (Lipinski definition) is 1. The molecule has 180 valence electrons. The Hall–Kier alpha value is -3.12. The van der Waals surface area contributed by atoms with E-state index in [0.717, 1.165) is 29.7 Å². The van der Waals surface area contributed by atoms with Crippen molar-refractivity contribution in [1.82, 2.24) is 4.90 Å². The lowest BCUT2D eigenvalue weighted by Crippen LogP contribution is -2.37. The predicted octanol–water partition coefficient (Wildman–Crippen LogP) is 6.88. The average molecular weight is 481 g/mol. The van der Waals surface area contributed by atoms with Gasteiger partial charge < -0.3 is 14.7 Å². The van der Waals surface area contributed by atoms with E-state index in [4.69, 9.17) is 11.2 Å². The summed E-state index contributed by atoms with van der Waals surface area (Å²) in [6.07, 6.45) is 2.99. The first-order chi connectivity index (χ1) is 16.9. The Morgan fingerprint density at radius 2 is 1.82 bits per heavy atom. The smallest absolute Gasteiger partial charge is 0.303 e. The second-order valence-electron chi connectivity index (χ2n) is 8.24. The van der Waals surface area contributed by atoms with Crippen LogP contribution < -0.4 is 4.74 Å². The third-order valence-electron chi connectivity index (χ3n) is 5.73. The van der Waals surface area contributed by atoms with Crippen molar-refractivity contribution in [3.05, 3.63) is 77.2 Å². The van der Waals surface area contributed by atoms with Crippen LogP contribution in [0.4, 0.5) is 0 Å². The number of carboxylic acids is 1. The van der Waals surface area contributed by atoms with Crippen LogP contribution >= 0.6 is 11.3 Å². The number of ether oxygens (including phenoxy) is 1. The Balaban J connectivity index is 1.74. The molecule has 5 nitrogen and oxygen atoms in total. The molecule has 3 aromatic rings. The van der Waals surface area contributed by atoms with Crippen molar-refractivity contribution in [1.29, 1.82) is 0 Å². The first-order valence-corrected chi connectivity index (χ1v) is 12.6. The van der Waals surface area contributed by atoms with E-state index < -0.39 is 12.5 Å². The maximum atomic E-state index is 13.6. The summed E-state index contributed by atoms with van der Waals surface area (Å²) < 4.78 is 15.0. The normalized spacial score (nSPS) is 13.1. The second kappa shape index (κ2) is 12.9. The van der Waals surface area contributed by atoms with Gasteiger partial charge in [0.05, 0.1) is 7.98 Å². The second-order valence-corrected chi connectivity index (χ2v) is 9.19. The Bertz CT molecular complexity index is 1080. The number of carbonyl (C=O) groups is 2. The van der Waals surface area contributed by atoms with Gasteiger partial charge in [-0.05, 0) is 67.8 Å². The molecular weight excluding hydrogens is 446 g/mol. The lowest BCUT2D eigenvalue weighted by molar-refractivity contribution is -0.137. The molecule has 2 aromatic carbocycles. The first kappa shape index (κ1) is 24.0. The molecule has 34 heavy (non-hydrogen) atoms. The number of benzene rings is 2. The van der Waals surface area contributed by atoms with Crippen LogP contribution in [0.3, 0.4) is 0 Å². The minimum absolute atomic E-state index is 0.133. The number of amides is 1. The van der Waals surface area contributed by atoms with Crippen LogP contribution in [0.2, 0.25) is 0 Å². The molecule has 2 atom stereocenters. The third kappa shape index (κ3) is 7.19. The summed E-state index contributed by atoms with van der Waals surface area (Å²) >= 11 is 1.66. The van der Waals surface area contributed by atoms with Gasteiger partial charge in [-0.3, -0.25) is 9.59 Å².